The summed E-state index contributed by atoms with van der Waals surface area (Å²) in [6.07, 6.45) is -9.04. The number of aromatic carboxylic acids is 1. The van der Waals surface area contributed by atoms with Crippen LogP contribution in [0, 0.1) is 0 Å². The summed E-state index contributed by atoms with van der Waals surface area (Å²) in [6, 6.07) is 1.58. The Morgan fingerprint density at radius 2 is 1.82 bits per heavy atom. The maximum Gasteiger partial charge on any atom is 0.416 e. The van der Waals surface area contributed by atoms with Crippen molar-refractivity contribution < 1.29 is 42.8 Å². The van der Waals surface area contributed by atoms with Crippen LogP contribution in [0.4, 0.5) is 13.2 Å². The fourth-order valence-corrected chi connectivity index (χ4v) is 1.65. The molecule has 3 N–H and O–H groups in total. The number of carbonyl (C=O) groups is 2. The van der Waals surface area contributed by atoms with E-state index in [4.69, 9.17) is 5.11 Å². The molecule has 0 fully saturated rings. The fourth-order valence-electron chi connectivity index (χ4n) is 1.65. The van der Waals surface area contributed by atoms with E-state index in [1.54, 1.807) is 0 Å². The van der Waals surface area contributed by atoms with Crippen molar-refractivity contribution >= 4 is 11.9 Å². The molecule has 0 bridgehead atoms. The first kappa shape index (κ1) is 17.9. The lowest BCUT2D eigenvalue weighted by Crippen LogP contribution is -2.30. The third kappa shape index (κ3) is 4.18. The van der Waals surface area contributed by atoms with Gasteiger partial charge in [-0.25, -0.2) is 9.59 Å². The van der Waals surface area contributed by atoms with Gasteiger partial charge in [0.25, 0.3) is 0 Å². The van der Waals surface area contributed by atoms with Gasteiger partial charge in [-0.15, -0.1) is 0 Å². The molecule has 2 atom stereocenters. The minimum Gasteiger partial charge on any atom is -0.478 e. The van der Waals surface area contributed by atoms with E-state index in [0.717, 1.165) is 6.07 Å². The van der Waals surface area contributed by atoms with Crippen molar-refractivity contribution in [3.8, 4) is 0 Å². The van der Waals surface area contributed by atoms with Crippen molar-refractivity contribution in [1.82, 2.24) is 0 Å². The van der Waals surface area contributed by atoms with Crippen LogP contribution in [0.1, 0.15) is 34.5 Å². The quantitative estimate of drug-likeness (QED) is 0.707. The summed E-state index contributed by atoms with van der Waals surface area (Å²) in [5.41, 5.74) is -2.62. The Balaban J connectivity index is 3.25. The first-order chi connectivity index (χ1) is 10.1. The summed E-state index contributed by atoms with van der Waals surface area (Å²) >= 11 is 0. The van der Waals surface area contributed by atoms with Crippen LogP contribution in [0.15, 0.2) is 18.2 Å². The summed E-state index contributed by atoms with van der Waals surface area (Å²) < 4.78 is 42.6. The number of carboxylic acids is 1. The van der Waals surface area contributed by atoms with Crippen molar-refractivity contribution in [2.75, 3.05) is 6.61 Å². The Kier molecular flexibility index (Phi) is 5.50. The second kappa shape index (κ2) is 6.75. The molecule has 0 radical (unpaired) electrons. The smallest absolute Gasteiger partial charge is 0.416 e. The third-order valence-electron chi connectivity index (χ3n) is 2.70. The van der Waals surface area contributed by atoms with Gasteiger partial charge < -0.3 is 20.1 Å². The number of hydrogen-bond donors (Lipinski definition) is 3. The highest BCUT2D eigenvalue weighted by Crippen LogP contribution is 2.32. The van der Waals surface area contributed by atoms with E-state index < -0.39 is 47.0 Å². The van der Waals surface area contributed by atoms with Crippen molar-refractivity contribution in [3.63, 3.8) is 0 Å². The van der Waals surface area contributed by atoms with Crippen LogP contribution in [-0.4, -0.2) is 40.0 Å². The number of aliphatic hydroxyl groups excluding tert-OH is 2. The average molecular weight is 322 g/mol. The molecule has 0 aliphatic rings. The van der Waals surface area contributed by atoms with Crippen LogP contribution in [-0.2, 0) is 15.7 Å². The lowest BCUT2D eigenvalue weighted by Gasteiger charge is -2.18. The molecule has 0 aromatic heterocycles. The van der Waals surface area contributed by atoms with Gasteiger partial charge in [-0.3, -0.25) is 0 Å². The van der Waals surface area contributed by atoms with E-state index >= 15 is 0 Å². The molecular weight excluding hydrogens is 309 g/mol. The normalized spacial score (nSPS) is 14.3. The monoisotopic (exact) mass is 322 g/mol. The Morgan fingerprint density at radius 3 is 2.27 bits per heavy atom. The zero-order valence-corrected chi connectivity index (χ0v) is 11.3. The summed E-state index contributed by atoms with van der Waals surface area (Å²) in [4.78, 5) is 22.1. The highest BCUT2D eigenvalue weighted by molar-refractivity contribution is 5.88. The van der Waals surface area contributed by atoms with Crippen molar-refractivity contribution in [2.24, 2.45) is 0 Å². The summed E-state index contributed by atoms with van der Waals surface area (Å²) in [6.45, 7) is 1.33. The molecule has 6 nitrogen and oxygen atoms in total. The van der Waals surface area contributed by atoms with E-state index in [9.17, 15) is 33.0 Å². The topological polar surface area (TPSA) is 104 Å². The van der Waals surface area contributed by atoms with E-state index in [2.05, 4.69) is 4.74 Å². The predicted molar refractivity (Wildman–Crippen MR) is 66.0 cm³/mol. The van der Waals surface area contributed by atoms with Crippen molar-refractivity contribution in [2.45, 2.75) is 25.3 Å². The molecule has 22 heavy (non-hydrogen) atoms. The third-order valence-corrected chi connectivity index (χ3v) is 2.70. The predicted octanol–water partition coefficient (Wildman–Crippen LogP) is 1.36. The molecule has 0 saturated carbocycles. The highest BCUT2D eigenvalue weighted by Gasteiger charge is 2.34. The zero-order valence-electron chi connectivity index (χ0n) is 11.3. The zero-order chi connectivity index (χ0) is 17.1. The molecule has 0 amide bonds. The van der Waals surface area contributed by atoms with Gasteiger partial charge in [-0.2, -0.15) is 13.2 Å². The largest absolute Gasteiger partial charge is 0.478 e. The van der Waals surface area contributed by atoms with E-state index in [1.165, 1.54) is 6.92 Å². The van der Waals surface area contributed by atoms with Gasteiger partial charge in [0.05, 0.1) is 17.7 Å². The second-order valence-electron chi connectivity index (χ2n) is 4.29. The van der Waals surface area contributed by atoms with E-state index in [-0.39, 0.29) is 6.61 Å². The Hall–Kier alpha value is -2.13. The van der Waals surface area contributed by atoms with Crippen molar-refractivity contribution in [1.29, 1.82) is 0 Å². The van der Waals surface area contributed by atoms with Gasteiger partial charge in [0, 0.05) is 0 Å². The van der Waals surface area contributed by atoms with E-state index in [0.29, 0.717) is 12.1 Å². The maximum absolute atomic E-state index is 12.7. The molecule has 0 saturated heterocycles. The molecule has 1 aromatic rings. The number of carboxylic acid groups (broad SMARTS) is 1. The Labute approximate surface area is 122 Å². The molecule has 0 spiro atoms. The van der Waals surface area contributed by atoms with Crippen LogP contribution in [0.2, 0.25) is 0 Å². The minimum absolute atomic E-state index is 0.106. The van der Waals surface area contributed by atoms with Crippen LogP contribution in [0.3, 0.4) is 0 Å². The minimum atomic E-state index is -4.85. The molecule has 2 unspecified atom stereocenters. The molecule has 1 rings (SSSR count). The summed E-state index contributed by atoms with van der Waals surface area (Å²) in [5, 5.41) is 28.1. The molecule has 0 heterocycles. The van der Waals surface area contributed by atoms with E-state index in [1.807, 2.05) is 0 Å². The first-order valence-electron chi connectivity index (χ1n) is 6.06. The van der Waals surface area contributed by atoms with Gasteiger partial charge in [0.15, 0.2) is 6.10 Å². The second-order valence-corrected chi connectivity index (χ2v) is 4.29. The van der Waals surface area contributed by atoms with Crippen LogP contribution < -0.4 is 0 Å². The lowest BCUT2D eigenvalue weighted by atomic mass is 9.98. The molecule has 0 aliphatic heterocycles. The number of hydrogen-bond acceptors (Lipinski definition) is 5. The number of rotatable bonds is 5. The lowest BCUT2D eigenvalue weighted by molar-refractivity contribution is -0.159. The Bertz CT molecular complexity index is 569. The Morgan fingerprint density at radius 1 is 1.23 bits per heavy atom. The van der Waals surface area contributed by atoms with Gasteiger partial charge in [0.1, 0.15) is 6.10 Å². The standard InChI is InChI=1S/C13H13F3O6/c1-2-22-12(21)10(18)9(17)6-3-7(11(19)20)5-8(4-6)13(14,15)16/h3-5,9-10,17-18H,2H2,1H3,(H,19,20). The molecule has 0 aliphatic carbocycles. The number of carbonyl (C=O) groups excluding carboxylic acids is 1. The summed E-state index contributed by atoms with van der Waals surface area (Å²) in [5.74, 6) is -2.88. The van der Waals surface area contributed by atoms with Crippen molar-refractivity contribution in [3.05, 3.63) is 34.9 Å². The SMILES string of the molecule is CCOC(=O)C(O)C(O)c1cc(C(=O)O)cc(C(F)(F)F)c1. The van der Waals surface area contributed by atoms with Gasteiger partial charge in [-0.1, -0.05) is 0 Å². The number of alkyl halides is 3. The van der Waals surface area contributed by atoms with Crippen LogP contribution in [0.5, 0.6) is 0 Å². The van der Waals surface area contributed by atoms with Crippen LogP contribution in [0.25, 0.3) is 0 Å². The van der Waals surface area contributed by atoms with Gasteiger partial charge >= 0.3 is 18.1 Å². The molecule has 1 aromatic carbocycles. The number of esters is 1. The summed E-state index contributed by atoms with van der Waals surface area (Å²) in [7, 11) is 0. The number of halogens is 3. The number of ether oxygens (including phenoxy) is 1. The first-order valence-corrected chi connectivity index (χ1v) is 6.06. The molecule has 122 valence electrons. The fraction of sp³-hybridized carbons (Fsp3) is 0.385. The highest BCUT2D eigenvalue weighted by atomic mass is 19.4. The van der Waals surface area contributed by atoms with Crippen LogP contribution >= 0.6 is 0 Å². The van der Waals surface area contributed by atoms with Gasteiger partial charge in [0.2, 0.25) is 0 Å². The molecule has 9 heteroatoms. The average Bonchev–Trinajstić information content (AvgIpc) is 2.44. The van der Waals surface area contributed by atoms with Gasteiger partial charge in [-0.05, 0) is 30.7 Å². The molecular formula is C13H13F3O6. The number of aliphatic hydroxyl groups is 2. The maximum atomic E-state index is 12.7. The number of benzene rings is 1.